The van der Waals surface area contributed by atoms with Crippen LogP contribution in [0.5, 0.6) is 0 Å². The maximum Gasteiger partial charge on any atom is 0.140 e. The summed E-state index contributed by atoms with van der Waals surface area (Å²) in [6.45, 7) is 3.06. The van der Waals surface area contributed by atoms with Crippen molar-refractivity contribution < 1.29 is 9.94 Å². The summed E-state index contributed by atoms with van der Waals surface area (Å²) >= 11 is 1.76. The Hall–Kier alpha value is -1.63. The van der Waals surface area contributed by atoms with Gasteiger partial charge in [-0.25, -0.2) is 0 Å². The van der Waals surface area contributed by atoms with Gasteiger partial charge in [0.05, 0.1) is 6.61 Å². The summed E-state index contributed by atoms with van der Waals surface area (Å²) in [4.78, 5) is 2.26. The predicted molar refractivity (Wildman–Crippen MR) is 87.0 cm³/mol. The van der Waals surface area contributed by atoms with Crippen molar-refractivity contribution in [2.75, 3.05) is 26.8 Å². The molecule has 0 saturated heterocycles. The molecule has 0 amide bonds. The van der Waals surface area contributed by atoms with Gasteiger partial charge in [0.1, 0.15) is 5.84 Å². The summed E-state index contributed by atoms with van der Waals surface area (Å²) in [5.74, 6) is 0.257. The lowest BCUT2D eigenvalue weighted by Gasteiger charge is -2.21. The number of nitrogens with two attached hydrogens (primary N) is 1. The number of hydrogen-bond acceptors (Lipinski definition) is 5. The maximum atomic E-state index is 8.64. The first-order valence-electron chi connectivity index (χ1n) is 6.87. The zero-order chi connectivity index (χ0) is 15.1. The van der Waals surface area contributed by atoms with Gasteiger partial charge in [0.15, 0.2) is 0 Å². The van der Waals surface area contributed by atoms with E-state index in [1.54, 1.807) is 18.4 Å². The molecule has 1 heterocycles. The Balaban J connectivity index is 2.06. The van der Waals surface area contributed by atoms with Crippen LogP contribution in [-0.2, 0) is 11.3 Å². The zero-order valence-corrected chi connectivity index (χ0v) is 13.0. The Kier molecular flexibility index (Phi) is 5.98. The lowest BCUT2D eigenvalue weighted by Crippen LogP contribution is -2.30. The molecule has 1 aromatic heterocycles. The molecule has 2 aromatic rings. The first kappa shape index (κ1) is 15.8. The molecule has 6 heteroatoms. The summed E-state index contributed by atoms with van der Waals surface area (Å²) < 4.78 is 6.46. The molecular weight excluding hydrogens is 286 g/mol. The van der Waals surface area contributed by atoms with Crippen molar-refractivity contribution in [2.45, 2.75) is 13.0 Å². The Morgan fingerprint density at radius 2 is 2.19 bits per heavy atom. The van der Waals surface area contributed by atoms with Crippen LogP contribution in [0, 0.1) is 0 Å². The molecule has 0 bridgehead atoms. The highest BCUT2D eigenvalue weighted by Crippen LogP contribution is 2.26. The summed E-state index contributed by atoms with van der Waals surface area (Å²) in [6, 6.07) is 8.41. The molecule has 114 valence electrons. The van der Waals surface area contributed by atoms with Gasteiger partial charge in [-0.1, -0.05) is 23.4 Å². The molecule has 0 unspecified atom stereocenters. The van der Waals surface area contributed by atoms with E-state index in [-0.39, 0.29) is 5.84 Å². The van der Waals surface area contributed by atoms with E-state index in [4.69, 9.17) is 15.7 Å². The third-order valence-electron chi connectivity index (χ3n) is 3.38. The second-order valence-corrected chi connectivity index (χ2v) is 5.78. The van der Waals surface area contributed by atoms with E-state index in [0.717, 1.165) is 19.6 Å². The van der Waals surface area contributed by atoms with Crippen LogP contribution in [-0.4, -0.2) is 42.7 Å². The Morgan fingerprint density at radius 1 is 1.38 bits per heavy atom. The number of methoxy groups -OCH3 is 1. The van der Waals surface area contributed by atoms with Crippen LogP contribution in [0.1, 0.15) is 12.0 Å². The van der Waals surface area contributed by atoms with E-state index in [9.17, 15) is 0 Å². The topological polar surface area (TPSA) is 71.1 Å². The molecule has 0 aliphatic rings. The first-order valence-corrected chi connectivity index (χ1v) is 7.75. The largest absolute Gasteiger partial charge is 0.409 e. The fourth-order valence-electron chi connectivity index (χ4n) is 2.21. The third-order valence-corrected chi connectivity index (χ3v) is 4.39. The number of nitrogens with zero attached hydrogens (tertiary/aromatic N) is 2. The molecule has 5 nitrogen and oxygen atoms in total. The average Bonchev–Trinajstić information content (AvgIpc) is 2.92. The van der Waals surface area contributed by atoms with Crippen LogP contribution in [0.3, 0.4) is 0 Å². The van der Waals surface area contributed by atoms with E-state index in [1.807, 2.05) is 0 Å². The minimum absolute atomic E-state index is 0.257. The molecule has 0 saturated carbocycles. The molecule has 3 N–H and O–H groups in total. The van der Waals surface area contributed by atoms with Crippen molar-refractivity contribution in [3.63, 3.8) is 0 Å². The van der Waals surface area contributed by atoms with Crippen LogP contribution >= 0.6 is 11.3 Å². The minimum atomic E-state index is 0.257. The lowest BCUT2D eigenvalue weighted by atomic mass is 10.1. The second-order valence-electron chi connectivity index (χ2n) is 4.87. The number of oxime groups is 1. The zero-order valence-electron chi connectivity index (χ0n) is 12.2. The van der Waals surface area contributed by atoms with Gasteiger partial charge in [0, 0.05) is 37.9 Å². The molecule has 1 aromatic carbocycles. The van der Waals surface area contributed by atoms with Crippen LogP contribution in [0.25, 0.3) is 10.1 Å². The lowest BCUT2D eigenvalue weighted by molar-refractivity contribution is 0.146. The van der Waals surface area contributed by atoms with Gasteiger partial charge in [0.25, 0.3) is 0 Å². The number of benzene rings is 1. The van der Waals surface area contributed by atoms with Crippen molar-refractivity contribution in [3.8, 4) is 0 Å². The van der Waals surface area contributed by atoms with Gasteiger partial charge in [-0.15, -0.1) is 11.3 Å². The molecular formula is C15H21N3O2S. The van der Waals surface area contributed by atoms with Crippen molar-refractivity contribution >= 4 is 27.3 Å². The van der Waals surface area contributed by atoms with Crippen LogP contribution in [0.4, 0.5) is 0 Å². The summed E-state index contributed by atoms with van der Waals surface area (Å²) in [5, 5.41) is 15.2. The number of rotatable bonds is 8. The first-order chi connectivity index (χ1) is 10.2. The standard InChI is InChI=1S/C15H21N3O2S/c1-20-9-8-18(7-6-15(16)17-19)10-12-11-21-14-5-3-2-4-13(12)14/h2-5,11,19H,6-10H2,1H3,(H2,16,17). The molecule has 0 radical (unpaired) electrons. The Morgan fingerprint density at radius 3 is 2.95 bits per heavy atom. The predicted octanol–water partition coefficient (Wildman–Crippen LogP) is 2.49. The smallest absolute Gasteiger partial charge is 0.140 e. The number of hydrogen-bond donors (Lipinski definition) is 2. The summed E-state index contributed by atoms with van der Waals surface area (Å²) in [5.41, 5.74) is 6.87. The second kappa shape index (κ2) is 7.97. The van der Waals surface area contributed by atoms with Gasteiger partial charge in [0.2, 0.25) is 0 Å². The fourth-order valence-corrected chi connectivity index (χ4v) is 3.16. The molecule has 0 aliphatic heterocycles. The molecule has 21 heavy (non-hydrogen) atoms. The van der Waals surface area contributed by atoms with Crippen molar-refractivity contribution in [2.24, 2.45) is 10.9 Å². The highest BCUT2D eigenvalue weighted by atomic mass is 32.1. The summed E-state index contributed by atoms with van der Waals surface area (Å²) in [6.07, 6.45) is 0.544. The number of fused-ring (bicyclic) bond motifs is 1. The highest BCUT2D eigenvalue weighted by molar-refractivity contribution is 7.17. The van der Waals surface area contributed by atoms with Gasteiger partial charge < -0.3 is 15.7 Å². The number of ether oxygens (including phenoxy) is 1. The average molecular weight is 307 g/mol. The number of amidine groups is 1. The van der Waals surface area contributed by atoms with E-state index >= 15 is 0 Å². The minimum Gasteiger partial charge on any atom is -0.409 e. The Bertz CT molecular complexity index is 597. The molecule has 0 aliphatic carbocycles. The van der Waals surface area contributed by atoms with Crippen molar-refractivity contribution in [3.05, 3.63) is 35.2 Å². The number of thiophene rings is 1. The van der Waals surface area contributed by atoms with Crippen LogP contribution in [0.2, 0.25) is 0 Å². The van der Waals surface area contributed by atoms with E-state index in [1.165, 1.54) is 15.6 Å². The van der Waals surface area contributed by atoms with E-state index < -0.39 is 0 Å². The van der Waals surface area contributed by atoms with Crippen LogP contribution < -0.4 is 5.73 Å². The fraction of sp³-hybridized carbons (Fsp3) is 0.400. The molecule has 0 atom stereocenters. The van der Waals surface area contributed by atoms with Crippen LogP contribution in [0.15, 0.2) is 34.8 Å². The van der Waals surface area contributed by atoms with Gasteiger partial charge >= 0.3 is 0 Å². The molecule has 0 fully saturated rings. The van der Waals surface area contributed by atoms with Gasteiger partial charge in [-0.2, -0.15) is 0 Å². The van der Waals surface area contributed by atoms with Gasteiger partial charge in [-0.3, -0.25) is 4.90 Å². The van der Waals surface area contributed by atoms with E-state index in [2.05, 4.69) is 39.7 Å². The maximum absolute atomic E-state index is 8.64. The Labute approximate surface area is 128 Å². The highest BCUT2D eigenvalue weighted by Gasteiger charge is 2.10. The summed E-state index contributed by atoms with van der Waals surface area (Å²) in [7, 11) is 1.70. The third kappa shape index (κ3) is 4.42. The monoisotopic (exact) mass is 307 g/mol. The molecule has 2 rings (SSSR count). The van der Waals surface area contributed by atoms with E-state index in [0.29, 0.717) is 13.0 Å². The SMILES string of the molecule is COCCN(CCC(N)=NO)Cc1csc2ccccc12. The normalized spacial score (nSPS) is 12.4. The van der Waals surface area contributed by atoms with Gasteiger partial charge in [-0.05, 0) is 22.4 Å². The van der Waals surface area contributed by atoms with Crippen molar-refractivity contribution in [1.29, 1.82) is 0 Å². The molecule has 0 spiro atoms. The van der Waals surface area contributed by atoms with Crippen molar-refractivity contribution in [1.82, 2.24) is 4.90 Å². The quantitative estimate of drug-likeness (QED) is 0.340.